The maximum absolute atomic E-state index is 11.3. The molecule has 2 aliphatic rings. The lowest BCUT2D eigenvalue weighted by atomic mass is 10.0. The Morgan fingerprint density at radius 2 is 2.47 bits per heavy atom. The van der Waals surface area contributed by atoms with Crippen molar-refractivity contribution in [2.24, 2.45) is 4.99 Å². The number of hydrogen-bond donors (Lipinski definition) is 1. The molecule has 5 heteroatoms. The number of alkyl carbamates (subject to hydrolysis) is 1. The minimum Gasteiger partial charge on any atom is -0.450 e. The molecular formula is C12H17N3O2. The molecule has 0 saturated heterocycles. The number of allylic oxidation sites excluding steroid dienone is 2. The molecular weight excluding hydrogens is 218 g/mol. The highest BCUT2D eigenvalue weighted by Gasteiger charge is 2.22. The Morgan fingerprint density at radius 1 is 1.65 bits per heavy atom. The maximum atomic E-state index is 11.3. The Balaban J connectivity index is 2.11. The van der Waals surface area contributed by atoms with Crippen LogP contribution in [0.5, 0.6) is 0 Å². The van der Waals surface area contributed by atoms with Gasteiger partial charge in [-0.3, -0.25) is 10.3 Å². The first-order valence-electron chi connectivity index (χ1n) is 5.87. The van der Waals surface area contributed by atoms with E-state index in [-0.39, 0.29) is 0 Å². The third-order valence-corrected chi connectivity index (χ3v) is 2.82. The van der Waals surface area contributed by atoms with Gasteiger partial charge in [0, 0.05) is 7.05 Å². The molecule has 0 fully saturated rings. The summed E-state index contributed by atoms with van der Waals surface area (Å²) in [5.74, 6) is 0.653. The SMILES string of the molecule is CCOC(=O)NC1=CN=C2CCCC=C2N1C. The summed E-state index contributed by atoms with van der Waals surface area (Å²) in [5.41, 5.74) is 2.18. The van der Waals surface area contributed by atoms with Gasteiger partial charge in [-0.25, -0.2) is 4.79 Å². The predicted octanol–water partition coefficient (Wildman–Crippen LogP) is 1.99. The zero-order valence-electron chi connectivity index (χ0n) is 10.2. The van der Waals surface area contributed by atoms with Gasteiger partial charge in [-0.15, -0.1) is 0 Å². The lowest BCUT2D eigenvalue weighted by Gasteiger charge is -2.30. The first-order valence-corrected chi connectivity index (χ1v) is 5.87. The fourth-order valence-electron chi connectivity index (χ4n) is 1.96. The van der Waals surface area contributed by atoms with Crippen LogP contribution in [-0.4, -0.2) is 30.4 Å². The molecule has 0 aromatic heterocycles. The van der Waals surface area contributed by atoms with Gasteiger partial charge in [0.05, 0.1) is 24.2 Å². The van der Waals surface area contributed by atoms with Crippen LogP contribution in [0, 0.1) is 0 Å². The van der Waals surface area contributed by atoms with Crippen molar-refractivity contribution in [1.82, 2.24) is 10.2 Å². The van der Waals surface area contributed by atoms with Crippen LogP contribution >= 0.6 is 0 Å². The van der Waals surface area contributed by atoms with E-state index in [1.165, 1.54) is 0 Å². The van der Waals surface area contributed by atoms with Crippen LogP contribution < -0.4 is 5.32 Å². The molecule has 0 saturated carbocycles. The number of nitrogens with zero attached hydrogens (tertiary/aromatic N) is 2. The molecule has 1 amide bonds. The van der Waals surface area contributed by atoms with Gasteiger partial charge >= 0.3 is 6.09 Å². The Hall–Kier alpha value is -1.78. The molecule has 0 radical (unpaired) electrons. The lowest BCUT2D eigenvalue weighted by Crippen LogP contribution is -2.37. The summed E-state index contributed by atoms with van der Waals surface area (Å²) in [6.07, 6.45) is 6.59. The van der Waals surface area contributed by atoms with E-state index in [0.29, 0.717) is 12.4 Å². The lowest BCUT2D eigenvalue weighted by molar-refractivity contribution is 0.152. The molecule has 0 unspecified atom stereocenters. The second-order valence-corrected chi connectivity index (χ2v) is 3.98. The van der Waals surface area contributed by atoms with Gasteiger partial charge in [0.2, 0.25) is 0 Å². The molecule has 0 spiro atoms. The quantitative estimate of drug-likeness (QED) is 0.796. The van der Waals surface area contributed by atoms with Crippen molar-refractivity contribution >= 4 is 11.8 Å². The summed E-state index contributed by atoms with van der Waals surface area (Å²) < 4.78 is 4.84. The molecule has 2 rings (SSSR count). The first kappa shape index (κ1) is 11.7. The topological polar surface area (TPSA) is 53.9 Å². The van der Waals surface area contributed by atoms with Crippen LogP contribution in [0.1, 0.15) is 26.2 Å². The van der Waals surface area contributed by atoms with Crippen LogP contribution in [0.25, 0.3) is 0 Å². The fraction of sp³-hybridized carbons (Fsp3) is 0.500. The van der Waals surface area contributed by atoms with Crippen molar-refractivity contribution in [3.8, 4) is 0 Å². The zero-order chi connectivity index (χ0) is 12.3. The number of fused-ring (bicyclic) bond motifs is 1. The van der Waals surface area contributed by atoms with Gasteiger partial charge in [0.1, 0.15) is 5.82 Å². The number of hydrogen-bond acceptors (Lipinski definition) is 4. The van der Waals surface area contributed by atoms with Crippen LogP contribution in [-0.2, 0) is 4.74 Å². The summed E-state index contributed by atoms with van der Waals surface area (Å²) in [5, 5.41) is 2.68. The Labute approximate surface area is 101 Å². The van der Waals surface area contributed by atoms with Crippen LogP contribution in [0.3, 0.4) is 0 Å². The van der Waals surface area contributed by atoms with E-state index in [1.807, 2.05) is 11.9 Å². The average Bonchev–Trinajstić information content (AvgIpc) is 2.33. The normalized spacial score (nSPS) is 18.7. The smallest absolute Gasteiger partial charge is 0.412 e. The summed E-state index contributed by atoms with van der Waals surface area (Å²) >= 11 is 0. The summed E-state index contributed by atoms with van der Waals surface area (Å²) in [6, 6.07) is 0. The van der Waals surface area contributed by atoms with E-state index in [2.05, 4.69) is 16.4 Å². The minimum absolute atomic E-state index is 0.361. The Morgan fingerprint density at radius 3 is 3.24 bits per heavy atom. The third-order valence-electron chi connectivity index (χ3n) is 2.82. The van der Waals surface area contributed by atoms with Gasteiger partial charge in [-0.1, -0.05) is 6.08 Å². The van der Waals surface area contributed by atoms with Crippen molar-refractivity contribution in [3.05, 3.63) is 23.8 Å². The van der Waals surface area contributed by atoms with Crippen molar-refractivity contribution in [3.63, 3.8) is 0 Å². The monoisotopic (exact) mass is 235 g/mol. The zero-order valence-corrected chi connectivity index (χ0v) is 10.2. The van der Waals surface area contributed by atoms with Crippen LogP contribution in [0.2, 0.25) is 0 Å². The van der Waals surface area contributed by atoms with Gasteiger partial charge in [-0.05, 0) is 26.2 Å². The number of amides is 1. The molecule has 1 heterocycles. The minimum atomic E-state index is -0.444. The molecule has 0 bridgehead atoms. The fourth-order valence-corrected chi connectivity index (χ4v) is 1.96. The molecule has 92 valence electrons. The van der Waals surface area contributed by atoms with Gasteiger partial charge in [0.25, 0.3) is 0 Å². The number of ether oxygens (including phenoxy) is 1. The molecule has 1 aliphatic heterocycles. The highest BCUT2D eigenvalue weighted by atomic mass is 16.5. The summed E-state index contributed by atoms with van der Waals surface area (Å²) in [6.45, 7) is 2.14. The molecule has 0 atom stereocenters. The Kier molecular flexibility index (Phi) is 3.46. The van der Waals surface area contributed by atoms with E-state index in [9.17, 15) is 4.79 Å². The van der Waals surface area contributed by atoms with E-state index in [1.54, 1.807) is 13.1 Å². The molecule has 17 heavy (non-hydrogen) atoms. The highest BCUT2D eigenvalue weighted by Crippen LogP contribution is 2.23. The van der Waals surface area contributed by atoms with Gasteiger partial charge in [-0.2, -0.15) is 0 Å². The van der Waals surface area contributed by atoms with Crippen LogP contribution in [0.15, 0.2) is 28.8 Å². The number of carbonyl (C=O) groups excluding carboxylic acids is 1. The average molecular weight is 235 g/mol. The summed E-state index contributed by atoms with van der Waals surface area (Å²) in [7, 11) is 1.92. The number of rotatable bonds is 2. The van der Waals surface area contributed by atoms with Crippen LogP contribution in [0.4, 0.5) is 4.79 Å². The standard InChI is InChI=1S/C12H17N3O2/c1-3-17-12(16)14-11-8-13-9-6-4-5-7-10(9)15(11)2/h7-8H,3-6H2,1-2H3,(H,14,16). The predicted molar refractivity (Wildman–Crippen MR) is 65.4 cm³/mol. The molecule has 0 aromatic rings. The largest absolute Gasteiger partial charge is 0.450 e. The van der Waals surface area contributed by atoms with Crippen molar-refractivity contribution in [1.29, 1.82) is 0 Å². The molecule has 5 nitrogen and oxygen atoms in total. The van der Waals surface area contributed by atoms with E-state index in [4.69, 9.17) is 4.74 Å². The molecule has 1 N–H and O–H groups in total. The second-order valence-electron chi connectivity index (χ2n) is 3.98. The maximum Gasteiger partial charge on any atom is 0.412 e. The third kappa shape index (κ3) is 2.49. The van der Waals surface area contributed by atoms with Crippen molar-refractivity contribution < 1.29 is 9.53 Å². The summed E-state index contributed by atoms with van der Waals surface area (Å²) in [4.78, 5) is 17.7. The van der Waals surface area contributed by atoms with E-state index >= 15 is 0 Å². The van der Waals surface area contributed by atoms with E-state index in [0.717, 1.165) is 30.7 Å². The molecule has 0 aromatic carbocycles. The number of nitrogens with one attached hydrogen (secondary N) is 1. The van der Waals surface area contributed by atoms with Crippen molar-refractivity contribution in [2.45, 2.75) is 26.2 Å². The second kappa shape index (κ2) is 5.03. The Bertz CT molecular complexity index is 410. The van der Waals surface area contributed by atoms with Gasteiger partial charge < -0.3 is 9.64 Å². The molecule has 1 aliphatic carbocycles. The van der Waals surface area contributed by atoms with Crippen molar-refractivity contribution in [2.75, 3.05) is 13.7 Å². The van der Waals surface area contributed by atoms with Gasteiger partial charge in [0.15, 0.2) is 0 Å². The number of aliphatic imine (C=N–C) groups is 1. The highest BCUT2D eigenvalue weighted by molar-refractivity contribution is 6.01. The number of carbonyl (C=O) groups is 1. The first-order chi connectivity index (χ1) is 8.22. The van der Waals surface area contributed by atoms with E-state index < -0.39 is 6.09 Å².